The Bertz CT molecular complexity index is 308. The number of hydrogen-bond donors (Lipinski definition) is 3. The molecule has 0 unspecified atom stereocenters. The zero-order chi connectivity index (χ0) is 17.2. The molecule has 0 rings (SSSR count). The molecule has 22 heavy (non-hydrogen) atoms. The van der Waals surface area contributed by atoms with Gasteiger partial charge in [0.05, 0.1) is 12.7 Å². The van der Waals surface area contributed by atoms with E-state index >= 15 is 0 Å². The molecular weight excluding hydrogens is 304 g/mol. The number of alkyl carbamates (subject to hydrolysis) is 1. The third-order valence-electron chi connectivity index (χ3n) is 2.63. The van der Waals surface area contributed by atoms with Crippen molar-refractivity contribution in [3.8, 4) is 0 Å². The van der Waals surface area contributed by atoms with Crippen LogP contribution in [0.1, 0.15) is 34.6 Å². The first-order chi connectivity index (χ1) is 10.1. The molecule has 0 heterocycles. The maximum Gasteiger partial charge on any atom is 0.407 e. The molecule has 0 radical (unpaired) electrons. The number of rotatable bonds is 10. The molecule has 1 amide bonds. The van der Waals surface area contributed by atoms with Crippen molar-refractivity contribution in [1.29, 1.82) is 0 Å². The summed E-state index contributed by atoms with van der Waals surface area (Å²) >= 11 is 1.84. The molecule has 0 aromatic carbocycles. The van der Waals surface area contributed by atoms with Crippen LogP contribution in [0.15, 0.2) is 0 Å². The first kappa shape index (κ1) is 21.5. The van der Waals surface area contributed by atoms with Crippen molar-refractivity contribution in [3.05, 3.63) is 0 Å². The summed E-state index contributed by atoms with van der Waals surface area (Å²) in [6, 6.07) is 0. The average molecular weight is 336 g/mol. The molecule has 1 atom stereocenters. The van der Waals surface area contributed by atoms with Crippen LogP contribution < -0.4 is 5.32 Å². The van der Waals surface area contributed by atoms with Gasteiger partial charge in [-0.2, -0.15) is 11.8 Å². The Morgan fingerprint density at radius 2 is 1.95 bits per heavy atom. The van der Waals surface area contributed by atoms with Crippen molar-refractivity contribution in [2.45, 2.75) is 51.6 Å². The van der Waals surface area contributed by atoms with E-state index in [0.717, 1.165) is 12.3 Å². The molecule has 7 heteroatoms. The van der Waals surface area contributed by atoms with Crippen LogP contribution in [0, 0.1) is 0 Å². The summed E-state index contributed by atoms with van der Waals surface area (Å²) in [4.78, 5) is 13.6. The number of nitrogens with zero attached hydrogens (tertiary/aromatic N) is 1. The lowest BCUT2D eigenvalue weighted by atomic mass is 10.2. The fourth-order valence-electron chi connectivity index (χ4n) is 1.70. The second kappa shape index (κ2) is 11.1. The maximum atomic E-state index is 11.6. The number of hydrogen-bond acceptors (Lipinski definition) is 6. The Hall–Kier alpha value is -0.500. The number of aliphatic hydroxyl groups excluding tert-OH is 2. The smallest absolute Gasteiger partial charge is 0.407 e. The molecule has 3 N–H and O–H groups in total. The topological polar surface area (TPSA) is 82.0 Å². The molecule has 0 bridgehead atoms. The van der Waals surface area contributed by atoms with Crippen molar-refractivity contribution in [2.75, 3.05) is 38.5 Å². The molecule has 0 aromatic heterocycles. The molecule has 0 spiro atoms. The van der Waals surface area contributed by atoms with E-state index in [1.54, 1.807) is 0 Å². The van der Waals surface area contributed by atoms with E-state index in [-0.39, 0.29) is 6.61 Å². The van der Waals surface area contributed by atoms with Crippen LogP contribution in [0.5, 0.6) is 0 Å². The highest BCUT2D eigenvalue weighted by Crippen LogP contribution is 2.09. The Kier molecular flexibility index (Phi) is 10.8. The summed E-state index contributed by atoms with van der Waals surface area (Å²) in [5.74, 6) is 0.947. The van der Waals surface area contributed by atoms with Gasteiger partial charge >= 0.3 is 6.09 Å². The Labute approximate surface area is 138 Å². The number of thioether (sulfide) groups is 1. The number of amides is 1. The number of aliphatic hydroxyl groups is 2. The summed E-state index contributed by atoms with van der Waals surface area (Å²) in [6.45, 7) is 11.7. The number of ether oxygens (including phenoxy) is 1. The molecule has 0 saturated carbocycles. The summed E-state index contributed by atoms with van der Waals surface area (Å²) < 4.78 is 5.17. The van der Waals surface area contributed by atoms with Crippen molar-refractivity contribution in [2.24, 2.45) is 0 Å². The average Bonchev–Trinajstić information content (AvgIpc) is 2.35. The molecular formula is C15H32N2O4S. The minimum atomic E-state index is -0.759. The van der Waals surface area contributed by atoms with Crippen LogP contribution in [-0.4, -0.2) is 76.7 Å². The van der Waals surface area contributed by atoms with E-state index in [2.05, 4.69) is 19.2 Å². The molecule has 0 saturated heterocycles. The maximum absolute atomic E-state index is 11.6. The molecule has 0 aromatic rings. The van der Waals surface area contributed by atoms with Crippen molar-refractivity contribution >= 4 is 17.9 Å². The fraction of sp³-hybridized carbons (Fsp3) is 0.933. The summed E-state index contributed by atoms with van der Waals surface area (Å²) in [5, 5.41) is 21.8. The van der Waals surface area contributed by atoms with Crippen LogP contribution in [0.25, 0.3) is 0 Å². The van der Waals surface area contributed by atoms with E-state index in [4.69, 9.17) is 9.84 Å². The minimum absolute atomic E-state index is 0.257. The van der Waals surface area contributed by atoms with Crippen LogP contribution in [0.4, 0.5) is 4.79 Å². The predicted molar refractivity (Wildman–Crippen MR) is 91.4 cm³/mol. The zero-order valence-corrected chi connectivity index (χ0v) is 15.3. The highest BCUT2D eigenvalue weighted by Gasteiger charge is 2.16. The van der Waals surface area contributed by atoms with Crippen molar-refractivity contribution in [1.82, 2.24) is 10.2 Å². The Morgan fingerprint density at radius 3 is 2.45 bits per heavy atom. The van der Waals surface area contributed by atoms with Gasteiger partial charge in [-0.1, -0.05) is 13.8 Å². The number of nitrogens with one attached hydrogen (secondary N) is 1. The van der Waals surface area contributed by atoms with Crippen LogP contribution in [-0.2, 0) is 4.74 Å². The lowest BCUT2D eigenvalue weighted by Crippen LogP contribution is -2.42. The van der Waals surface area contributed by atoms with Gasteiger partial charge in [0, 0.05) is 31.9 Å². The monoisotopic (exact) mass is 336 g/mol. The van der Waals surface area contributed by atoms with Crippen LogP contribution in [0.2, 0.25) is 0 Å². The van der Waals surface area contributed by atoms with Crippen LogP contribution >= 0.6 is 11.8 Å². The van der Waals surface area contributed by atoms with E-state index in [1.165, 1.54) is 0 Å². The highest BCUT2D eigenvalue weighted by atomic mass is 32.2. The van der Waals surface area contributed by atoms with Gasteiger partial charge in [-0.25, -0.2) is 4.79 Å². The third kappa shape index (κ3) is 13.2. The van der Waals surface area contributed by atoms with Crippen LogP contribution in [0.3, 0.4) is 0 Å². The van der Waals surface area contributed by atoms with E-state index in [0.29, 0.717) is 24.9 Å². The van der Waals surface area contributed by atoms with Gasteiger partial charge in [-0.05, 0) is 26.0 Å². The van der Waals surface area contributed by atoms with Crippen molar-refractivity contribution in [3.63, 3.8) is 0 Å². The largest absolute Gasteiger partial charge is 0.444 e. The molecule has 132 valence electrons. The lowest BCUT2D eigenvalue weighted by Gasteiger charge is -2.25. The van der Waals surface area contributed by atoms with Gasteiger partial charge in [0.2, 0.25) is 0 Å². The Morgan fingerprint density at radius 1 is 1.32 bits per heavy atom. The minimum Gasteiger partial charge on any atom is -0.444 e. The third-order valence-corrected chi connectivity index (χ3v) is 3.72. The number of carbonyl (C=O) groups is 1. The molecule has 0 aliphatic rings. The van der Waals surface area contributed by atoms with E-state index in [9.17, 15) is 9.90 Å². The standard InChI is InChI=1S/C15H32N2O4S/c1-12(2)22-9-8-17(10-13(19)11-18)7-6-16-14(20)21-15(3,4)5/h12-13,18-19H,6-11H2,1-5H3,(H,16,20)/t13-/m0/s1. The molecule has 0 fully saturated rings. The van der Waals surface area contributed by atoms with Gasteiger partial charge in [0.1, 0.15) is 5.60 Å². The van der Waals surface area contributed by atoms with E-state index in [1.807, 2.05) is 37.4 Å². The SMILES string of the molecule is CC(C)SCCN(CCNC(=O)OC(C)(C)C)C[C@H](O)CO. The van der Waals surface area contributed by atoms with Gasteiger partial charge in [-0.15, -0.1) is 0 Å². The lowest BCUT2D eigenvalue weighted by molar-refractivity contribution is 0.0494. The molecule has 6 nitrogen and oxygen atoms in total. The predicted octanol–water partition coefficient (Wildman–Crippen LogP) is 1.31. The van der Waals surface area contributed by atoms with E-state index < -0.39 is 17.8 Å². The highest BCUT2D eigenvalue weighted by molar-refractivity contribution is 7.99. The summed E-state index contributed by atoms with van der Waals surface area (Å²) in [5.41, 5.74) is -0.509. The quantitative estimate of drug-likeness (QED) is 0.558. The Balaban J connectivity index is 4.13. The van der Waals surface area contributed by atoms with Gasteiger partial charge in [-0.3, -0.25) is 4.90 Å². The zero-order valence-electron chi connectivity index (χ0n) is 14.5. The second-order valence-corrected chi connectivity index (χ2v) is 8.17. The first-order valence-electron chi connectivity index (χ1n) is 7.73. The normalized spacial score (nSPS) is 13.5. The number of carbonyl (C=O) groups excluding carboxylic acids is 1. The second-order valence-electron chi connectivity index (χ2n) is 6.49. The van der Waals surface area contributed by atoms with Gasteiger partial charge in [0.25, 0.3) is 0 Å². The first-order valence-corrected chi connectivity index (χ1v) is 8.78. The van der Waals surface area contributed by atoms with Crippen molar-refractivity contribution < 1.29 is 19.7 Å². The fourth-order valence-corrected chi connectivity index (χ4v) is 2.53. The molecule has 0 aliphatic heterocycles. The van der Waals surface area contributed by atoms with Gasteiger partial charge in [0.15, 0.2) is 0 Å². The summed E-state index contributed by atoms with van der Waals surface area (Å²) in [6.07, 6.45) is -1.20. The summed E-state index contributed by atoms with van der Waals surface area (Å²) in [7, 11) is 0. The molecule has 0 aliphatic carbocycles. The van der Waals surface area contributed by atoms with Gasteiger partial charge < -0.3 is 20.3 Å².